The van der Waals surface area contributed by atoms with Crippen molar-refractivity contribution in [2.24, 2.45) is 5.41 Å². The number of carbonyl (C=O) groups is 3. The van der Waals surface area contributed by atoms with Gasteiger partial charge in [0.15, 0.2) is 28.8 Å². The van der Waals surface area contributed by atoms with Gasteiger partial charge in [0.05, 0.1) is 25.1 Å². The van der Waals surface area contributed by atoms with Crippen molar-refractivity contribution >= 4 is 40.4 Å². The number of Topliss-reactive ketones (excluding diaryl/α,β-unsaturated/α-hetero) is 3. The molecule has 0 saturated carbocycles. The highest BCUT2D eigenvalue weighted by Crippen LogP contribution is 2.61. The summed E-state index contributed by atoms with van der Waals surface area (Å²) < 4.78 is 11.1. The Morgan fingerprint density at radius 3 is 2.23 bits per heavy atom. The molecule has 3 aromatic carbocycles. The van der Waals surface area contributed by atoms with E-state index in [0.717, 1.165) is 11.3 Å². The van der Waals surface area contributed by atoms with Crippen molar-refractivity contribution in [3.05, 3.63) is 117 Å². The quantitative estimate of drug-likeness (QED) is 0.223. The lowest BCUT2D eigenvalue weighted by Gasteiger charge is -2.37. The molecule has 0 radical (unpaired) electrons. The molecule has 1 fully saturated rings. The van der Waals surface area contributed by atoms with Crippen molar-refractivity contribution in [1.82, 2.24) is 0 Å². The Balaban J connectivity index is 1.56. The van der Waals surface area contributed by atoms with Gasteiger partial charge >= 0.3 is 0 Å². The Hall–Kier alpha value is -4.49. The molecule has 1 spiro atoms. The molecular formula is C33H25NO5S. The van der Waals surface area contributed by atoms with E-state index in [1.54, 1.807) is 56.7 Å². The summed E-state index contributed by atoms with van der Waals surface area (Å²) in [6.45, 7) is 0. The zero-order valence-electron chi connectivity index (χ0n) is 21.9. The van der Waals surface area contributed by atoms with Crippen LogP contribution in [0.2, 0.25) is 0 Å². The zero-order valence-corrected chi connectivity index (χ0v) is 22.7. The Kier molecular flexibility index (Phi) is 5.54. The predicted molar refractivity (Wildman–Crippen MR) is 154 cm³/mol. The Bertz CT molecular complexity index is 1690. The van der Waals surface area contributed by atoms with Crippen molar-refractivity contribution in [3.8, 4) is 11.5 Å². The van der Waals surface area contributed by atoms with Gasteiger partial charge in [-0.05, 0) is 40.8 Å². The summed E-state index contributed by atoms with van der Waals surface area (Å²) in [5, 5.41) is 1.87. The van der Waals surface area contributed by atoms with Crippen LogP contribution < -0.4 is 14.4 Å². The summed E-state index contributed by atoms with van der Waals surface area (Å²) in [4.78, 5) is 46.5. The number of ketones is 3. The molecule has 6 nitrogen and oxygen atoms in total. The molecule has 198 valence electrons. The molecule has 0 N–H and O–H groups in total. The normalized spacial score (nSPS) is 21.8. The van der Waals surface area contributed by atoms with Crippen LogP contribution in [-0.2, 0) is 0 Å². The van der Waals surface area contributed by atoms with Gasteiger partial charge < -0.3 is 14.4 Å². The molecule has 0 bridgehead atoms. The van der Waals surface area contributed by atoms with Gasteiger partial charge in [0.2, 0.25) is 0 Å². The lowest BCUT2D eigenvalue weighted by molar-refractivity contribution is 0.0666. The summed E-state index contributed by atoms with van der Waals surface area (Å²) in [5.74, 6) is -0.446. The summed E-state index contributed by atoms with van der Waals surface area (Å²) >= 11 is 1.36. The Morgan fingerprint density at radius 2 is 1.55 bits per heavy atom. The van der Waals surface area contributed by atoms with E-state index in [4.69, 9.17) is 9.47 Å². The number of hydrogen-bond donors (Lipinski definition) is 0. The van der Waals surface area contributed by atoms with E-state index in [-0.39, 0.29) is 17.3 Å². The molecule has 4 aromatic rings. The first kappa shape index (κ1) is 24.5. The average molecular weight is 548 g/mol. The fourth-order valence-corrected chi connectivity index (χ4v) is 7.60. The molecule has 40 heavy (non-hydrogen) atoms. The number of rotatable bonds is 5. The number of thiophene rings is 1. The molecular weight excluding hydrogens is 522 g/mol. The first-order valence-electron chi connectivity index (χ1n) is 13.1. The molecule has 0 amide bonds. The van der Waals surface area contributed by atoms with Crippen molar-refractivity contribution in [1.29, 1.82) is 0 Å². The SMILES string of the molecule is COc1ccc([C@H]2[C@H](C(=O)c3cccs3)N3c4ccccc4C=CC3C23C(=O)c2ccccc2C3=O)cc1OC. The maximum Gasteiger partial charge on any atom is 0.195 e. The molecule has 1 unspecified atom stereocenters. The minimum Gasteiger partial charge on any atom is -0.493 e. The van der Waals surface area contributed by atoms with E-state index in [1.165, 1.54) is 11.3 Å². The molecule has 7 heteroatoms. The highest BCUT2D eigenvalue weighted by atomic mass is 32.1. The molecule has 3 atom stereocenters. The van der Waals surface area contributed by atoms with Gasteiger partial charge in [-0.1, -0.05) is 66.7 Å². The van der Waals surface area contributed by atoms with Crippen molar-refractivity contribution in [2.75, 3.05) is 19.1 Å². The lowest BCUT2D eigenvalue weighted by Crippen LogP contribution is -2.48. The molecule has 1 saturated heterocycles. The second-order valence-electron chi connectivity index (χ2n) is 10.2. The number of anilines is 1. The minimum atomic E-state index is -1.55. The first-order chi connectivity index (χ1) is 19.5. The Labute approximate surface area is 235 Å². The first-order valence-corrected chi connectivity index (χ1v) is 13.9. The van der Waals surface area contributed by atoms with Crippen molar-refractivity contribution in [2.45, 2.75) is 18.0 Å². The van der Waals surface area contributed by atoms with Crippen molar-refractivity contribution < 1.29 is 23.9 Å². The van der Waals surface area contributed by atoms with Gasteiger partial charge in [0.25, 0.3) is 0 Å². The number of para-hydroxylation sites is 1. The third kappa shape index (κ3) is 3.12. The third-order valence-electron chi connectivity index (χ3n) is 8.51. The number of methoxy groups -OCH3 is 2. The summed E-state index contributed by atoms with van der Waals surface area (Å²) in [5.41, 5.74) is 1.67. The van der Waals surface area contributed by atoms with Gasteiger partial charge in [-0.3, -0.25) is 14.4 Å². The largest absolute Gasteiger partial charge is 0.493 e. The van der Waals surface area contributed by atoms with Gasteiger partial charge in [-0.15, -0.1) is 11.3 Å². The molecule has 7 rings (SSSR count). The van der Waals surface area contributed by atoms with E-state index in [9.17, 15) is 14.4 Å². The monoisotopic (exact) mass is 547 g/mol. The summed E-state index contributed by atoms with van der Waals surface area (Å²) in [6, 6.07) is 22.4. The van der Waals surface area contributed by atoms with Crippen LogP contribution in [0.5, 0.6) is 11.5 Å². The standard InChI is InChI=1S/C33H25NO5S/c1-38-24-15-13-20(18-25(24)39-2)28-29(30(35)26-12-7-17-40-26)34-23-11-6-3-8-19(23)14-16-27(34)33(28)31(36)21-9-4-5-10-22(21)32(33)37/h3-18,27-29H,1-2H3/t27?,28-,29+/m0/s1. The number of benzene rings is 3. The highest BCUT2D eigenvalue weighted by Gasteiger charge is 2.71. The van der Waals surface area contributed by atoms with Crippen LogP contribution in [0, 0.1) is 5.41 Å². The van der Waals surface area contributed by atoms with Crippen LogP contribution in [0.15, 0.2) is 90.3 Å². The van der Waals surface area contributed by atoms with E-state index in [0.29, 0.717) is 33.1 Å². The van der Waals surface area contributed by atoms with E-state index < -0.39 is 23.4 Å². The number of fused-ring (bicyclic) bond motifs is 5. The fraction of sp³-hybridized carbons (Fsp3) is 0.182. The minimum absolute atomic E-state index is 0.127. The molecule has 1 aliphatic carbocycles. The maximum atomic E-state index is 14.7. The lowest BCUT2D eigenvalue weighted by atomic mass is 9.64. The van der Waals surface area contributed by atoms with Crippen LogP contribution in [0.1, 0.15) is 47.4 Å². The van der Waals surface area contributed by atoms with Gasteiger partial charge in [-0.2, -0.15) is 0 Å². The summed E-state index contributed by atoms with van der Waals surface area (Å²) in [6.07, 6.45) is 3.89. The topological polar surface area (TPSA) is 72.9 Å². The second-order valence-corrected chi connectivity index (χ2v) is 11.2. The molecule has 2 aliphatic heterocycles. The van der Waals surface area contributed by atoms with E-state index in [1.807, 2.05) is 58.8 Å². The van der Waals surface area contributed by atoms with Crippen molar-refractivity contribution in [3.63, 3.8) is 0 Å². The summed E-state index contributed by atoms with van der Waals surface area (Å²) in [7, 11) is 3.10. The predicted octanol–water partition coefficient (Wildman–Crippen LogP) is 6.08. The van der Waals surface area contributed by atoms with Crippen LogP contribution in [0.4, 0.5) is 5.69 Å². The van der Waals surface area contributed by atoms with Crippen LogP contribution in [-0.4, -0.2) is 43.7 Å². The number of carbonyl (C=O) groups excluding carboxylic acids is 3. The van der Waals surface area contributed by atoms with E-state index >= 15 is 0 Å². The second kappa shape index (κ2) is 9.03. The van der Waals surface area contributed by atoms with Gasteiger partial charge in [0, 0.05) is 22.7 Å². The average Bonchev–Trinajstić information content (AvgIpc) is 3.70. The van der Waals surface area contributed by atoms with Crippen LogP contribution >= 0.6 is 11.3 Å². The zero-order chi connectivity index (χ0) is 27.6. The smallest absolute Gasteiger partial charge is 0.195 e. The fourth-order valence-electron chi connectivity index (χ4n) is 6.90. The van der Waals surface area contributed by atoms with Gasteiger partial charge in [0.1, 0.15) is 11.5 Å². The number of nitrogens with zero attached hydrogens (tertiary/aromatic N) is 1. The highest BCUT2D eigenvalue weighted by molar-refractivity contribution is 7.12. The number of hydrogen-bond acceptors (Lipinski definition) is 7. The maximum absolute atomic E-state index is 14.7. The number of ether oxygens (including phenoxy) is 2. The molecule has 3 heterocycles. The van der Waals surface area contributed by atoms with Crippen LogP contribution in [0.25, 0.3) is 6.08 Å². The molecule has 1 aromatic heterocycles. The van der Waals surface area contributed by atoms with Crippen LogP contribution in [0.3, 0.4) is 0 Å². The Morgan fingerprint density at radius 1 is 0.850 bits per heavy atom. The third-order valence-corrected chi connectivity index (χ3v) is 9.40. The molecule has 3 aliphatic rings. The van der Waals surface area contributed by atoms with Gasteiger partial charge in [-0.25, -0.2) is 0 Å². The van der Waals surface area contributed by atoms with E-state index in [2.05, 4.69) is 0 Å².